The van der Waals surface area contributed by atoms with Crippen LogP contribution >= 0.6 is 11.6 Å². The first-order valence-electron chi connectivity index (χ1n) is 6.68. The molecular formula is C15H20ClNO4. The van der Waals surface area contributed by atoms with E-state index in [1.165, 1.54) is 0 Å². The third-order valence-electron chi connectivity index (χ3n) is 3.04. The van der Waals surface area contributed by atoms with E-state index < -0.39 is 24.0 Å². The van der Waals surface area contributed by atoms with Crippen molar-refractivity contribution < 1.29 is 19.4 Å². The summed E-state index contributed by atoms with van der Waals surface area (Å²) in [6.07, 6.45) is -0.800. The Bertz CT molecular complexity index is 530. The van der Waals surface area contributed by atoms with E-state index in [4.69, 9.17) is 21.4 Å². The average Bonchev–Trinajstić information content (AvgIpc) is 2.37. The summed E-state index contributed by atoms with van der Waals surface area (Å²) < 4.78 is 5.56. The highest BCUT2D eigenvalue weighted by atomic mass is 35.5. The zero-order chi connectivity index (χ0) is 16.2. The summed E-state index contributed by atoms with van der Waals surface area (Å²) in [6.45, 7) is 6.85. The van der Waals surface area contributed by atoms with Crippen LogP contribution in [-0.2, 0) is 9.59 Å². The van der Waals surface area contributed by atoms with Crippen LogP contribution in [0.15, 0.2) is 18.2 Å². The first-order valence-corrected chi connectivity index (χ1v) is 7.06. The number of benzene rings is 1. The predicted molar refractivity (Wildman–Crippen MR) is 80.7 cm³/mol. The maximum absolute atomic E-state index is 12.0. The lowest BCUT2D eigenvalue weighted by molar-refractivity contribution is -0.144. The molecule has 5 nitrogen and oxygen atoms in total. The molecule has 1 amide bonds. The monoisotopic (exact) mass is 313 g/mol. The van der Waals surface area contributed by atoms with Crippen molar-refractivity contribution in [2.75, 3.05) is 0 Å². The molecule has 0 aliphatic rings. The molecule has 0 saturated carbocycles. The third-order valence-corrected chi connectivity index (χ3v) is 3.28. The summed E-state index contributed by atoms with van der Waals surface area (Å²) in [5.74, 6) is -1.20. The van der Waals surface area contributed by atoms with Crippen LogP contribution in [0.3, 0.4) is 0 Å². The van der Waals surface area contributed by atoms with Crippen molar-refractivity contribution in [1.29, 1.82) is 0 Å². The first-order chi connectivity index (χ1) is 9.72. The van der Waals surface area contributed by atoms with Crippen LogP contribution in [0.25, 0.3) is 0 Å². The molecule has 0 spiro atoms. The summed E-state index contributed by atoms with van der Waals surface area (Å²) in [4.78, 5) is 23.1. The van der Waals surface area contributed by atoms with Gasteiger partial charge in [0.05, 0.1) is 0 Å². The molecule has 1 rings (SSSR count). The number of rotatable bonds is 6. The molecule has 0 aromatic heterocycles. The van der Waals surface area contributed by atoms with Crippen molar-refractivity contribution in [1.82, 2.24) is 5.32 Å². The van der Waals surface area contributed by atoms with E-state index in [-0.39, 0.29) is 5.92 Å². The Morgan fingerprint density at radius 1 is 1.29 bits per heavy atom. The van der Waals surface area contributed by atoms with Gasteiger partial charge in [-0.15, -0.1) is 0 Å². The van der Waals surface area contributed by atoms with E-state index >= 15 is 0 Å². The molecule has 2 N–H and O–H groups in total. The minimum absolute atomic E-state index is 0.212. The van der Waals surface area contributed by atoms with Crippen molar-refractivity contribution >= 4 is 23.5 Å². The van der Waals surface area contributed by atoms with Crippen molar-refractivity contribution in [2.45, 2.75) is 39.8 Å². The van der Waals surface area contributed by atoms with Gasteiger partial charge >= 0.3 is 5.97 Å². The smallest absolute Gasteiger partial charge is 0.326 e. The van der Waals surface area contributed by atoms with Crippen LogP contribution in [0.2, 0.25) is 5.02 Å². The molecule has 6 heteroatoms. The fourth-order valence-electron chi connectivity index (χ4n) is 1.77. The molecular weight excluding hydrogens is 294 g/mol. The maximum Gasteiger partial charge on any atom is 0.326 e. The van der Waals surface area contributed by atoms with Crippen molar-refractivity contribution in [3.05, 3.63) is 28.8 Å². The fraction of sp³-hybridized carbons (Fsp3) is 0.467. The number of ether oxygens (including phenoxy) is 1. The largest absolute Gasteiger partial charge is 0.481 e. The molecule has 0 bridgehead atoms. The number of carboxylic acid groups (broad SMARTS) is 1. The second-order valence-electron chi connectivity index (χ2n) is 5.24. The minimum atomic E-state index is -1.06. The van der Waals surface area contributed by atoms with Gasteiger partial charge in [-0.25, -0.2) is 4.79 Å². The van der Waals surface area contributed by atoms with E-state index in [2.05, 4.69) is 5.32 Å². The van der Waals surface area contributed by atoms with Gasteiger partial charge in [-0.3, -0.25) is 4.79 Å². The second kappa shape index (κ2) is 7.31. The van der Waals surface area contributed by atoms with Crippen LogP contribution in [0.1, 0.15) is 26.3 Å². The number of aryl methyl sites for hydroxylation is 1. The highest BCUT2D eigenvalue weighted by Crippen LogP contribution is 2.22. The molecule has 1 aromatic carbocycles. The summed E-state index contributed by atoms with van der Waals surface area (Å²) in [6, 6.07) is 4.14. The molecule has 0 fully saturated rings. The number of nitrogens with one attached hydrogen (secondary N) is 1. The molecule has 2 atom stereocenters. The number of halogens is 1. The summed E-state index contributed by atoms with van der Waals surface area (Å²) in [5.41, 5.74) is 0.806. The Hall–Kier alpha value is -1.75. The van der Waals surface area contributed by atoms with Gasteiger partial charge in [0.1, 0.15) is 11.8 Å². The van der Waals surface area contributed by atoms with Crippen molar-refractivity contribution in [3.63, 3.8) is 0 Å². The summed E-state index contributed by atoms with van der Waals surface area (Å²) >= 11 is 5.85. The van der Waals surface area contributed by atoms with Crippen molar-refractivity contribution in [3.8, 4) is 5.75 Å². The van der Waals surface area contributed by atoms with Gasteiger partial charge in [0, 0.05) is 5.02 Å². The normalized spacial score (nSPS) is 13.6. The molecule has 116 valence electrons. The maximum atomic E-state index is 12.0. The standard InChI is InChI=1S/C15H20ClNO4/c1-8(2)13(15(19)20)17-14(18)10(4)21-12-6-5-11(16)7-9(12)3/h5-8,10,13H,1-4H3,(H,17,18)(H,19,20)/t10?,13-/m1/s1. The fourth-order valence-corrected chi connectivity index (χ4v) is 2.00. The van der Waals surface area contributed by atoms with Crippen LogP contribution in [0.5, 0.6) is 5.75 Å². The lowest BCUT2D eigenvalue weighted by Gasteiger charge is -2.21. The van der Waals surface area contributed by atoms with E-state index in [0.29, 0.717) is 10.8 Å². The number of hydrogen-bond donors (Lipinski definition) is 2. The molecule has 0 aliphatic carbocycles. The number of hydrogen-bond acceptors (Lipinski definition) is 3. The van der Waals surface area contributed by atoms with E-state index in [1.807, 2.05) is 6.92 Å². The molecule has 0 aliphatic heterocycles. The first kappa shape index (κ1) is 17.3. The Morgan fingerprint density at radius 3 is 2.38 bits per heavy atom. The van der Waals surface area contributed by atoms with Crippen molar-refractivity contribution in [2.24, 2.45) is 5.92 Å². The quantitative estimate of drug-likeness (QED) is 0.846. The van der Waals surface area contributed by atoms with Gasteiger partial charge in [0.25, 0.3) is 5.91 Å². The lowest BCUT2D eigenvalue weighted by atomic mass is 10.0. The Kier molecular flexibility index (Phi) is 6.03. The Balaban J connectivity index is 2.72. The molecule has 21 heavy (non-hydrogen) atoms. The zero-order valence-corrected chi connectivity index (χ0v) is 13.3. The number of carbonyl (C=O) groups is 2. The van der Waals surface area contributed by atoms with Gasteiger partial charge in [0.2, 0.25) is 0 Å². The predicted octanol–water partition coefficient (Wildman–Crippen LogP) is 2.64. The van der Waals surface area contributed by atoms with Crippen LogP contribution < -0.4 is 10.1 Å². The van der Waals surface area contributed by atoms with Gasteiger partial charge < -0.3 is 15.2 Å². The van der Waals surface area contributed by atoms with E-state index in [9.17, 15) is 9.59 Å². The van der Waals surface area contributed by atoms with Crippen LogP contribution in [0, 0.1) is 12.8 Å². The molecule has 0 radical (unpaired) electrons. The molecule has 1 aromatic rings. The van der Waals surface area contributed by atoms with Gasteiger partial charge in [-0.1, -0.05) is 25.4 Å². The highest BCUT2D eigenvalue weighted by Gasteiger charge is 2.26. The van der Waals surface area contributed by atoms with Crippen LogP contribution in [0.4, 0.5) is 0 Å². The molecule has 0 saturated heterocycles. The van der Waals surface area contributed by atoms with Gasteiger partial charge in [-0.2, -0.15) is 0 Å². The third kappa shape index (κ3) is 4.93. The SMILES string of the molecule is Cc1cc(Cl)ccc1OC(C)C(=O)N[C@@H](C(=O)O)C(C)C. The number of aliphatic carboxylic acids is 1. The van der Waals surface area contributed by atoms with E-state index in [0.717, 1.165) is 5.56 Å². The Labute approximate surface area is 129 Å². The lowest BCUT2D eigenvalue weighted by Crippen LogP contribution is -2.48. The minimum Gasteiger partial charge on any atom is -0.481 e. The highest BCUT2D eigenvalue weighted by molar-refractivity contribution is 6.30. The zero-order valence-electron chi connectivity index (χ0n) is 12.5. The topological polar surface area (TPSA) is 75.6 Å². The van der Waals surface area contributed by atoms with Crippen LogP contribution in [-0.4, -0.2) is 29.1 Å². The van der Waals surface area contributed by atoms with E-state index in [1.54, 1.807) is 39.0 Å². The Morgan fingerprint density at radius 2 is 1.90 bits per heavy atom. The summed E-state index contributed by atoms with van der Waals surface area (Å²) in [7, 11) is 0. The van der Waals surface area contributed by atoms with Gasteiger partial charge in [0.15, 0.2) is 6.10 Å². The number of carboxylic acids is 1. The number of carbonyl (C=O) groups excluding carboxylic acids is 1. The summed E-state index contributed by atoms with van der Waals surface area (Å²) in [5, 5.41) is 12.1. The average molecular weight is 314 g/mol. The number of amides is 1. The molecule has 0 heterocycles. The van der Waals surface area contributed by atoms with Gasteiger partial charge in [-0.05, 0) is 43.5 Å². The second-order valence-corrected chi connectivity index (χ2v) is 5.67. The molecule has 1 unspecified atom stereocenters.